The second-order valence-corrected chi connectivity index (χ2v) is 8.62. The van der Waals surface area contributed by atoms with Gasteiger partial charge in [0.2, 0.25) is 0 Å². The van der Waals surface area contributed by atoms with Crippen molar-refractivity contribution in [2.75, 3.05) is 11.1 Å². The second kappa shape index (κ2) is 13.3. The molecule has 0 amide bonds. The Morgan fingerprint density at radius 1 is 0.724 bits per heavy atom. The highest BCUT2D eigenvalue weighted by atomic mass is 127. The number of aromatic nitrogens is 2. The van der Waals surface area contributed by atoms with Gasteiger partial charge in [-0.1, -0.05) is 68.3 Å². The van der Waals surface area contributed by atoms with Gasteiger partial charge in [-0.2, -0.15) is 0 Å². The highest BCUT2D eigenvalue weighted by Crippen LogP contribution is 2.17. The third kappa shape index (κ3) is 10.4. The number of nitrogens with one attached hydrogen (secondary N) is 1. The number of halogens is 3. The Hall–Kier alpha value is -1.97. The summed E-state index contributed by atoms with van der Waals surface area (Å²) in [4.78, 5) is 7.98. The summed E-state index contributed by atoms with van der Waals surface area (Å²) in [5.41, 5.74) is 6.36. The maximum atomic E-state index is 5.32. The molecule has 2 heterocycles. The van der Waals surface area contributed by atoms with Crippen LogP contribution < -0.4 is 11.1 Å². The molecule has 0 bridgehead atoms. The van der Waals surface area contributed by atoms with E-state index in [0.717, 1.165) is 20.5 Å². The van der Waals surface area contributed by atoms with Crippen molar-refractivity contribution in [3.05, 3.63) is 110 Å². The van der Waals surface area contributed by atoms with Crippen molar-refractivity contribution in [1.29, 1.82) is 0 Å². The van der Waals surface area contributed by atoms with E-state index >= 15 is 0 Å². The van der Waals surface area contributed by atoms with Crippen LogP contribution in [0.1, 0.15) is 0 Å². The van der Waals surface area contributed by atoms with Gasteiger partial charge in [-0.15, -0.1) is 0 Å². The molecule has 2 aromatic heterocycles. The van der Waals surface area contributed by atoms with Crippen LogP contribution in [0.4, 0.5) is 17.3 Å². The van der Waals surface area contributed by atoms with Crippen LogP contribution in [0.2, 0.25) is 0 Å². The molecule has 4 aromatic rings. The van der Waals surface area contributed by atoms with Crippen LogP contribution in [-0.4, -0.2) is 9.97 Å². The summed E-state index contributed by atoms with van der Waals surface area (Å²) in [6, 6.07) is 27.6. The molecule has 0 atom stereocenters. The molecule has 0 fully saturated rings. The molecule has 0 saturated carbocycles. The normalized spacial score (nSPS) is 9.34. The SMILES string of the molecule is Brc1ccnc(Nc2ccccc2)c1.Ic1ccccc1.Nc1cc(Br)ccn1. The molecule has 2 aromatic carbocycles. The summed E-state index contributed by atoms with van der Waals surface area (Å²) in [5, 5.41) is 3.20. The van der Waals surface area contributed by atoms with Crippen molar-refractivity contribution in [3.8, 4) is 0 Å². The molecule has 148 valence electrons. The maximum Gasteiger partial charge on any atom is 0.131 e. The van der Waals surface area contributed by atoms with E-state index in [2.05, 4.69) is 81.9 Å². The zero-order valence-electron chi connectivity index (χ0n) is 15.3. The zero-order chi connectivity index (χ0) is 20.9. The van der Waals surface area contributed by atoms with E-state index in [-0.39, 0.29) is 0 Å². The minimum absolute atomic E-state index is 0.541. The average Bonchev–Trinajstić information content (AvgIpc) is 2.70. The number of rotatable bonds is 2. The van der Waals surface area contributed by atoms with Gasteiger partial charge in [0, 0.05) is 30.6 Å². The molecule has 7 heteroatoms. The van der Waals surface area contributed by atoms with Crippen LogP contribution in [0.3, 0.4) is 0 Å². The monoisotopic (exact) mass is 624 g/mol. The molecular weight excluding hydrogens is 607 g/mol. The molecule has 0 spiro atoms. The highest BCUT2D eigenvalue weighted by molar-refractivity contribution is 14.1. The summed E-state index contributed by atoms with van der Waals surface area (Å²) < 4.78 is 3.27. The average molecular weight is 626 g/mol. The van der Waals surface area contributed by atoms with Gasteiger partial charge in [0.25, 0.3) is 0 Å². The van der Waals surface area contributed by atoms with Crippen molar-refractivity contribution in [2.24, 2.45) is 0 Å². The van der Waals surface area contributed by atoms with Crippen molar-refractivity contribution >= 4 is 71.8 Å². The van der Waals surface area contributed by atoms with Crippen LogP contribution in [0, 0.1) is 3.57 Å². The van der Waals surface area contributed by atoms with Crippen molar-refractivity contribution in [1.82, 2.24) is 9.97 Å². The third-order valence-electron chi connectivity index (χ3n) is 3.24. The fourth-order valence-electron chi connectivity index (χ4n) is 1.98. The standard InChI is InChI=1S/C11H9BrN2.C6H5I.C5H5BrN2/c12-9-6-7-13-11(8-9)14-10-4-2-1-3-5-10;7-6-4-2-1-3-5-6;6-4-1-2-8-5(7)3-4/h1-8H,(H,13,14);1-5H;1-3H,(H2,7,8). The van der Waals surface area contributed by atoms with E-state index in [9.17, 15) is 0 Å². The van der Waals surface area contributed by atoms with Crippen molar-refractivity contribution < 1.29 is 0 Å². The third-order valence-corrected chi connectivity index (χ3v) is 4.95. The first-order valence-electron chi connectivity index (χ1n) is 8.54. The minimum Gasteiger partial charge on any atom is -0.384 e. The molecule has 0 unspecified atom stereocenters. The lowest BCUT2D eigenvalue weighted by Gasteiger charge is -2.04. The zero-order valence-corrected chi connectivity index (χ0v) is 20.7. The largest absolute Gasteiger partial charge is 0.384 e. The number of benzene rings is 2. The van der Waals surface area contributed by atoms with Gasteiger partial charge in [-0.3, -0.25) is 0 Å². The van der Waals surface area contributed by atoms with Crippen LogP contribution in [0.5, 0.6) is 0 Å². The molecule has 3 N–H and O–H groups in total. The maximum absolute atomic E-state index is 5.32. The van der Waals surface area contributed by atoms with Gasteiger partial charge in [-0.05, 0) is 71.1 Å². The molecule has 0 aliphatic heterocycles. The highest BCUT2D eigenvalue weighted by Gasteiger charge is 1.94. The lowest BCUT2D eigenvalue weighted by molar-refractivity contribution is 1.30. The number of pyridine rings is 2. The number of nitrogens with two attached hydrogens (primary N) is 1. The summed E-state index contributed by atoms with van der Waals surface area (Å²) >= 11 is 8.92. The van der Waals surface area contributed by atoms with Gasteiger partial charge in [0.05, 0.1) is 0 Å². The Morgan fingerprint density at radius 3 is 1.72 bits per heavy atom. The van der Waals surface area contributed by atoms with Gasteiger partial charge >= 0.3 is 0 Å². The van der Waals surface area contributed by atoms with Gasteiger partial charge in [0.15, 0.2) is 0 Å². The van der Waals surface area contributed by atoms with E-state index in [0.29, 0.717) is 5.82 Å². The number of hydrogen-bond donors (Lipinski definition) is 2. The van der Waals surface area contributed by atoms with Crippen LogP contribution in [0.25, 0.3) is 0 Å². The van der Waals surface area contributed by atoms with Crippen LogP contribution in [0.15, 0.2) is 106 Å². The number of para-hydroxylation sites is 1. The molecule has 4 nitrogen and oxygen atoms in total. The summed E-state index contributed by atoms with van der Waals surface area (Å²) in [6.45, 7) is 0. The first-order valence-corrected chi connectivity index (χ1v) is 11.2. The Bertz CT molecular complexity index is 969. The van der Waals surface area contributed by atoms with Crippen LogP contribution >= 0.6 is 54.5 Å². The molecule has 0 aliphatic rings. The number of nitrogen functional groups attached to an aromatic ring is 1. The Balaban J connectivity index is 0.000000170. The van der Waals surface area contributed by atoms with E-state index in [1.807, 2.05) is 66.7 Å². The van der Waals surface area contributed by atoms with E-state index < -0.39 is 0 Å². The van der Waals surface area contributed by atoms with Crippen LogP contribution in [-0.2, 0) is 0 Å². The summed E-state index contributed by atoms with van der Waals surface area (Å²) in [6.07, 6.45) is 3.41. The molecule has 0 radical (unpaired) electrons. The predicted octanol–water partition coefficient (Wildman–Crippen LogP) is 7.31. The Labute approximate surface area is 201 Å². The van der Waals surface area contributed by atoms with E-state index in [1.54, 1.807) is 18.5 Å². The lowest BCUT2D eigenvalue weighted by Crippen LogP contribution is -1.91. The van der Waals surface area contributed by atoms with Gasteiger partial charge < -0.3 is 11.1 Å². The van der Waals surface area contributed by atoms with Crippen molar-refractivity contribution in [2.45, 2.75) is 0 Å². The number of anilines is 3. The fourth-order valence-corrected chi connectivity index (χ4v) is 3.08. The lowest BCUT2D eigenvalue weighted by atomic mass is 10.3. The molecular formula is C22H19Br2IN4. The van der Waals surface area contributed by atoms with E-state index in [4.69, 9.17) is 5.73 Å². The van der Waals surface area contributed by atoms with Gasteiger partial charge in [0.1, 0.15) is 11.6 Å². The van der Waals surface area contributed by atoms with Gasteiger partial charge in [-0.25, -0.2) is 9.97 Å². The fraction of sp³-hybridized carbons (Fsp3) is 0. The number of hydrogen-bond acceptors (Lipinski definition) is 4. The molecule has 0 aliphatic carbocycles. The van der Waals surface area contributed by atoms with E-state index in [1.165, 1.54) is 3.57 Å². The van der Waals surface area contributed by atoms with Crippen molar-refractivity contribution in [3.63, 3.8) is 0 Å². The Kier molecular flexibility index (Phi) is 10.7. The number of nitrogens with zero attached hydrogens (tertiary/aromatic N) is 2. The molecule has 4 rings (SSSR count). The summed E-state index contributed by atoms with van der Waals surface area (Å²) in [7, 11) is 0. The first kappa shape index (κ1) is 23.3. The molecule has 0 saturated heterocycles. The predicted molar refractivity (Wildman–Crippen MR) is 137 cm³/mol. The first-order chi connectivity index (χ1) is 14.0. The quantitative estimate of drug-likeness (QED) is 0.229. The smallest absolute Gasteiger partial charge is 0.131 e. The second-order valence-electron chi connectivity index (χ2n) is 5.54. The topological polar surface area (TPSA) is 63.8 Å². The minimum atomic E-state index is 0.541. The molecule has 29 heavy (non-hydrogen) atoms. The Morgan fingerprint density at radius 2 is 1.28 bits per heavy atom. The summed E-state index contributed by atoms with van der Waals surface area (Å²) in [5.74, 6) is 1.38.